The Morgan fingerprint density at radius 2 is 1.97 bits per heavy atom. The van der Waals surface area contributed by atoms with Gasteiger partial charge in [-0.1, -0.05) is 49.7 Å². The molecule has 1 aromatic heterocycles. The second-order valence-electron chi connectivity index (χ2n) is 10.0. The first-order valence-electron chi connectivity index (χ1n) is 12.4. The highest BCUT2D eigenvalue weighted by molar-refractivity contribution is 5.45. The molecule has 3 atom stereocenters. The molecule has 2 aliphatic carbocycles. The van der Waals surface area contributed by atoms with Crippen LogP contribution in [0.25, 0.3) is 0 Å². The molecule has 0 aliphatic heterocycles. The van der Waals surface area contributed by atoms with E-state index in [0.29, 0.717) is 12.5 Å². The molecule has 172 valence electrons. The highest BCUT2D eigenvalue weighted by atomic mass is 16.5. The van der Waals surface area contributed by atoms with Crippen LogP contribution in [0.5, 0.6) is 5.75 Å². The van der Waals surface area contributed by atoms with Crippen LogP contribution in [0.3, 0.4) is 0 Å². The van der Waals surface area contributed by atoms with Crippen molar-refractivity contribution in [1.29, 1.82) is 0 Å². The summed E-state index contributed by atoms with van der Waals surface area (Å²) in [6, 6.07) is 19.5. The minimum atomic E-state index is -0.502. The Balaban J connectivity index is 1.45. The summed E-state index contributed by atoms with van der Waals surface area (Å²) in [6.45, 7) is 2.63. The number of rotatable bonds is 7. The number of nitrogens with zero attached hydrogens (tertiary/aromatic N) is 2. The molecule has 4 nitrogen and oxygen atoms in total. The summed E-state index contributed by atoms with van der Waals surface area (Å²) >= 11 is 0. The Hall–Kier alpha value is -2.72. The molecule has 0 spiro atoms. The van der Waals surface area contributed by atoms with Gasteiger partial charge in [-0.3, -0.25) is 0 Å². The predicted octanol–water partition coefficient (Wildman–Crippen LogP) is 5.81. The van der Waals surface area contributed by atoms with Crippen LogP contribution < -0.4 is 4.74 Å². The maximum absolute atomic E-state index is 11.3. The number of hydrogen-bond donors (Lipinski definition) is 1. The largest absolute Gasteiger partial charge is 0.487 e. The van der Waals surface area contributed by atoms with Gasteiger partial charge < -0.3 is 9.84 Å². The molecule has 0 unspecified atom stereocenters. The van der Waals surface area contributed by atoms with Gasteiger partial charge in [-0.25, -0.2) is 9.97 Å². The highest BCUT2D eigenvalue weighted by Gasteiger charge is 2.51. The van der Waals surface area contributed by atoms with Crippen LogP contribution in [0.1, 0.15) is 67.8 Å². The smallest absolute Gasteiger partial charge is 0.130 e. The van der Waals surface area contributed by atoms with E-state index < -0.39 is 5.60 Å². The Morgan fingerprint density at radius 3 is 2.76 bits per heavy atom. The third-order valence-corrected chi connectivity index (χ3v) is 7.93. The van der Waals surface area contributed by atoms with Gasteiger partial charge >= 0.3 is 0 Å². The van der Waals surface area contributed by atoms with E-state index in [1.165, 1.54) is 16.7 Å². The zero-order chi connectivity index (χ0) is 22.7. The molecule has 0 saturated heterocycles. The lowest BCUT2D eigenvalue weighted by Gasteiger charge is -2.53. The Bertz CT molecular complexity index is 1070. The minimum absolute atomic E-state index is 0.0834. The number of benzene rings is 2. The lowest BCUT2D eigenvalue weighted by Crippen LogP contribution is -2.51. The summed E-state index contributed by atoms with van der Waals surface area (Å²) in [5.41, 5.74) is 4.72. The minimum Gasteiger partial charge on any atom is -0.487 e. The SMILES string of the molecule is CCC[C@@]1(O)CC[C@@]2(Cc3ccccc3)c3ccc(OCc4ccncn4)cc3CC[C@@H]2C1. The van der Waals surface area contributed by atoms with Gasteiger partial charge in [0.05, 0.1) is 11.3 Å². The van der Waals surface area contributed by atoms with Crippen LogP contribution in [-0.4, -0.2) is 20.7 Å². The van der Waals surface area contributed by atoms with Gasteiger partial charge in [0, 0.05) is 11.6 Å². The fraction of sp³-hybridized carbons (Fsp3) is 0.448. The molecule has 5 rings (SSSR count). The van der Waals surface area contributed by atoms with Crippen molar-refractivity contribution in [1.82, 2.24) is 9.97 Å². The van der Waals surface area contributed by atoms with Crippen molar-refractivity contribution in [2.75, 3.05) is 0 Å². The second-order valence-corrected chi connectivity index (χ2v) is 10.0. The van der Waals surface area contributed by atoms with Gasteiger partial charge in [0.2, 0.25) is 0 Å². The molecule has 0 radical (unpaired) electrons. The number of aliphatic hydroxyl groups is 1. The van der Waals surface area contributed by atoms with Crippen LogP contribution in [0.15, 0.2) is 67.1 Å². The first-order valence-corrected chi connectivity index (χ1v) is 12.4. The van der Waals surface area contributed by atoms with Gasteiger partial charge in [0.25, 0.3) is 0 Å². The van der Waals surface area contributed by atoms with E-state index in [1.807, 2.05) is 6.07 Å². The van der Waals surface area contributed by atoms with Crippen LogP contribution in [0.2, 0.25) is 0 Å². The normalized spacial score (nSPS) is 26.3. The first kappa shape index (κ1) is 22.1. The third kappa shape index (κ3) is 4.54. The molecule has 3 aromatic rings. The van der Waals surface area contributed by atoms with Crippen molar-refractivity contribution >= 4 is 0 Å². The second kappa shape index (κ2) is 9.26. The van der Waals surface area contributed by atoms with Gasteiger partial charge in [0.15, 0.2) is 0 Å². The Morgan fingerprint density at radius 1 is 1.09 bits per heavy atom. The van der Waals surface area contributed by atoms with Gasteiger partial charge in [-0.15, -0.1) is 0 Å². The number of aromatic nitrogens is 2. The Kier molecular flexibility index (Phi) is 6.20. The van der Waals surface area contributed by atoms with Crippen molar-refractivity contribution < 1.29 is 9.84 Å². The fourth-order valence-electron chi connectivity index (χ4n) is 6.37. The lowest BCUT2D eigenvalue weighted by atomic mass is 9.52. The molecule has 1 heterocycles. The summed E-state index contributed by atoms with van der Waals surface area (Å²) in [6.07, 6.45) is 11.3. The molecule has 1 saturated carbocycles. The van der Waals surface area contributed by atoms with E-state index in [1.54, 1.807) is 12.5 Å². The third-order valence-electron chi connectivity index (χ3n) is 7.93. The zero-order valence-electron chi connectivity index (χ0n) is 19.5. The average molecular weight is 443 g/mol. The number of aryl methyl sites for hydroxylation is 1. The van der Waals surface area contributed by atoms with Crippen LogP contribution in [0.4, 0.5) is 0 Å². The molecule has 2 aliphatic rings. The van der Waals surface area contributed by atoms with E-state index in [9.17, 15) is 5.11 Å². The summed E-state index contributed by atoms with van der Waals surface area (Å²) in [5.74, 6) is 1.40. The maximum Gasteiger partial charge on any atom is 0.130 e. The standard InChI is InChI=1S/C29H34N2O2/c1-2-13-28(32)14-15-29(18-22-6-4-3-5-7-22)24(19-28)9-8-23-17-26(10-11-27(23)29)33-20-25-12-16-30-21-31-25/h3-7,10-12,16-17,21,24,32H,2,8-9,13-15,18-20H2,1H3/t24-,28-,29+/m1/s1. The maximum atomic E-state index is 11.3. The van der Waals surface area contributed by atoms with Crippen LogP contribution in [-0.2, 0) is 24.9 Å². The van der Waals surface area contributed by atoms with E-state index in [-0.39, 0.29) is 5.41 Å². The van der Waals surface area contributed by atoms with Crippen molar-refractivity contribution in [3.05, 3.63) is 89.5 Å². The van der Waals surface area contributed by atoms with E-state index in [2.05, 4.69) is 65.4 Å². The fourth-order valence-corrected chi connectivity index (χ4v) is 6.37. The van der Waals surface area contributed by atoms with Gasteiger partial charge in [-0.05, 0) is 85.8 Å². The molecular weight excluding hydrogens is 408 g/mol. The quantitative estimate of drug-likeness (QED) is 0.501. The average Bonchev–Trinajstić information content (AvgIpc) is 2.84. The van der Waals surface area contributed by atoms with Crippen molar-refractivity contribution in [3.8, 4) is 5.75 Å². The molecule has 0 bridgehead atoms. The molecule has 33 heavy (non-hydrogen) atoms. The zero-order valence-corrected chi connectivity index (χ0v) is 19.5. The molecule has 2 aromatic carbocycles. The molecule has 1 N–H and O–H groups in total. The molecule has 4 heteroatoms. The summed E-state index contributed by atoms with van der Waals surface area (Å²) in [5, 5.41) is 11.3. The first-order chi connectivity index (χ1) is 16.1. The molecule has 0 amide bonds. The van der Waals surface area contributed by atoms with E-state index >= 15 is 0 Å². The van der Waals surface area contributed by atoms with Gasteiger partial charge in [-0.2, -0.15) is 0 Å². The Labute approximate surface area is 197 Å². The van der Waals surface area contributed by atoms with Crippen molar-refractivity contribution in [2.24, 2.45) is 5.92 Å². The van der Waals surface area contributed by atoms with E-state index in [0.717, 1.165) is 62.8 Å². The molecule has 1 fully saturated rings. The van der Waals surface area contributed by atoms with Crippen molar-refractivity contribution in [3.63, 3.8) is 0 Å². The predicted molar refractivity (Wildman–Crippen MR) is 130 cm³/mol. The summed E-state index contributed by atoms with van der Waals surface area (Å²) in [7, 11) is 0. The van der Waals surface area contributed by atoms with E-state index in [4.69, 9.17) is 4.74 Å². The van der Waals surface area contributed by atoms with Crippen molar-refractivity contribution in [2.45, 2.75) is 75.9 Å². The van der Waals surface area contributed by atoms with Crippen LogP contribution >= 0.6 is 0 Å². The monoisotopic (exact) mass is 442 g/mol. The number of ether oxygens (including phenoxy) is 1. The van der Waals surface area contributed by atoms with Crippen LogP contribution in [0, 0.1) is 5.92 Å². The number of hydrogen-bond acceptors (Lipinski definition) is 4. The lowest BCUT2D eigenvalue weighted by molar-refractivity contribution is -0.0565. The topological polar surface area (TPSA) is 55.2 Å². The summed E-state index contributed by atoms with van der Waals surface area (Å²) < 4.78 is 6.08. The van der Waals surface area contributed by atoms with Gasteiger partial charge in [0.1, 0.15) is 18.7 Å². The molecular formula is C29H34N2O2. The highest BCUT2D eigenvalue weighted by Crippen LogP contribution is 2.55. The summed E-state index contributed by atoms with van der Waals surface area (Å²) in [4.78, 5) is 8.24. The number of fused-ring (bicyclic) bond motifs is 3.